The van der Waals surface area contributed by atoms with Crippen LogP contribution < -0.4 is 10.0 Å². The summed E-state index contributed by atoms with van der Waals surface area (Å²) in [7, 11) is -3.63. The molecule has 0 aromatic heterocycles. The highest BCUT2D eigenvalue weighted by molar-refractivity contribution is 7.89. The van der Waals surface area contributed by atoms with Crippen LogP contribution in [0.1, 0.15) is 18.4 Å². The highest BCUT2D eigenvalue weighted by Crippen LogP contribution is 2.15. The second kappa shape index (κ2) is 5.34. The van der Waals surface area contributed by atoms with E-state index in [1.54, 1.807) is 6.92 Å². The van der Waals surface area contributed by atoms with Gasteiger partial charge in [-0.3, -0.25) is 0 Å². The average Bonchev–Trinajstić information content (AvgIpc) is 2.33. The predicted octanol–water partition coefficient (Wildman–Crippen LogP) is 1.16. The summed E-state index contributed by atoms with van der Waals surface area (Å²) in [6.07, 6.45) is 1.75. The van der Waals surface area contributed by atoms with Crippen LogP contribution in [0, 0.1) is 12.7 Å². The number of nitrogens with one attached hydrogen (secondary N) is 2. The third-order valence-electron chi connectivity index (χ3n) is 3.07. The summed E-state index contributed by atoms with van der Waals surface area (Å²) in [5.41, 5.74) is 0.438. The molecule has 100 valence electrons. The molecule has 1 saturated heterocycles. The molecule has 0 bridgehead atoms. The summed E-state index contributed by atoms with van der Waals surface area (Å²) in [4.78, 5) is -0.0174. The van der Waals surface area contributed by atoms with Gasteiger partial charge >= 0.3 is 0 Å². The van der Waals surface area contributed by atoms with E-state index >= 15 is 0 Å². The summed E-state index contributed by atoms with van der Waals surface area (Å²) in [6, 6.07) is 3.85. The van der Waals surface area contributed by atoms with Gasteiger partial charge in [0.05, 0.1) is 4.90 Å². The molecule has 1 unspecified atom stereocenters. The lowest BCUT2D eigenvalue weighted by molar-refractivity contribution is 0.428. The van der Waals surface area contributed by atoms with Crippen molar-refractivity contribution in [2.75, 3.05) is 13.1 Å². The van der Waals surface area contributed by atoms with E-state index in [1.165, 1.54) is 12.1 Å². The molecular formula is C12H17FN2O2S. The number of halogens is 1. The summed E-state index contributed by atoms with van der Waals surface area (Å²) in [5, 5.41) is 3.13. The average molecular weight is 272 g/mol. The Morgan fingerprint density at radius 3 is 2.83 bits per heavy atom. The molecule has 0 radical (unpaired) electrons. The Hall–Kier alpha value is -0.980. The molecule has 18 heavy (non-hydrogen) atoms. The molecule has 6 heteroatoms. The van der Waals surface area contributed by atoms with Crippen molar-refractivity contribution in [3.8, 4) is 0 Å². The van der Waals surface area contributed by atoms with E-state index in [-0.39, 0.29) is 10.9 Å². The molecule has 0 aliphatic carbocycles. The summed E-state index contributed by atoms with van der Waals surface area (Å²) in [6.45, 7) is 3.13. The van der Waals surface area contributed by atoms with Crippen molar-refractivity contribution in [1.82, 2.24) is 10.0 Å². The van der Waals surface area contributed by atoms with Crippen LogP contribution in [-0.2, 0) is 10.0 Å². The van der Waals surface area contributed by atoms with Crippen molar-refractivity contribution in [2.24, 2.45) is 0 Å². The van der Waals surface area contributed by atoms with Gasteiger partial charge in [-0.15, -0.1) is 0 Å². The molecule has 0 spiro atoms. The largest absolute Gasteiger partial charge is 0.315 e. The first-order chi connectivity index (χ1) is 8.49. The molecule has 1 heterocycles. The predicted molar refractivity (Wildman–Crippen MR) is 67.4 cm³/mol. The maximum absolute atomic E-state index is 13.4. The van der Waals surface area contributed by atoms with Crippen LogP contribution in [0.5, 0.6) is 0 Å². The Labute approximate surface area is 107 Å². The fourth-order valence-corrected chi connectivity index (χ4v) is 3.26. The number of hydrogen-bond donors (Lipinski definition) is 2. The highest BCUT2D eigenvalue weighted by Gasteiger charge is 2.22. The molecule has 0 amide bonds. The standard InChI is InChI=1S/C12H17FN2O2S/c1-9-4-5-11(7-12(9)13)18(16,17)15-10-3-2-6-14-8-10/h4-5,7,10,14-15H,2-3,6,8H2,1H3. The van der Waals surface area contributed by atoms with E-state index in [4.69, 9.17) is 0 Å². The van der Waals surface area contributed by atoms with Crippen LogP contribution in [0.2, 0.25) is 0 Å². The van der Waals surface area contributed by atoms with Gasteiger partial charge in [-0.2, -0.15) is 0 Å². The van der Waals surface area contributed by atoms with E-state index in [9.17, 15) is 12.8 Å². The highest BCUT2D eigenvalue weighted by atomic mass is 32.2. The van der Waals surface area contributed by atoms with Crippen molar-refractivity contribution in [1.29, 1.82) is 0 Å². The number of aryl methyl sites for hydroxylation is 1. The van der Waals surface area contributed by atoms with Gasteiger partial charge in [0.25, 0.3) is 0 Å². The lowest BCUT2D eigenvalue weighted by Gasteiger charge is -2.23. The van der Waals surface area contributed by atoms with Gasteiger partial charge in [-0.1, -0.05) is 6.07 Å². The fraction of sp³-hybridized carbons (Fsp3) is 0.500. The van der Waals surface area contributed by atoms with Crippen LogP contribution in [0.25, 0.3) is 0 Å². The van der Waals surface area contributed by atoms with E-state index in [0.717, 1.165) is 25.5 Å². The number of rotatable bonds is 3. The van der Waals surface area contributed by atoms with Gasteiger partial charge in [0.2, 0.25) is 10.0 Å². The van der Waals surface area contributed by atoms with E-state index in [1.807, 2.05) is 0 Å². The molecule has 1 aliphatic rings. The first-order valence-electron chi connectivity index (χ1n) is 5.98. The minimum Gasteiger partial charge on any atom is -0.315 e. The second-order valence-electron chi connectivity index (χ2n) is 4.58. The molecule has 1 aromatic rings. The van der Waals surface area contributed by atoms with Gasteiger partial charge < -0.3 is 5.32 Å². The maximum atomic E-state index is 13.4. The van der Waals surface area contributed by atoms with Gasteiger partial charge in [-0.25, -0.2) is 17.5 Å². The monoisotopic (exact) mass is 272 g/mol. The minimum atomic E-state index is -3.63. The van der Waals surface area contributed by atoms with Crippen LogP contribution in [0.3, 0.4) is 0 Å². The maximum Gasteiger partial charge on any atom is 0.240 e. The summed E-state index contributed by atoms with van der Waals surface area (Å²) < 4.78 is 40.1. The first kappa shape index (κ1) is 13.5. The molecule has 1 fully saturated rings. The van der Waals surface area contributed by atoms with Crippen LogP contribution in [-0.4, -0.2) is 27.5 Å². The third-order valence-corrected chi connectivity index (χ3v) is 4.59. The quantitative estimate of drug-likeness (QED) is 0.868. The number of hydrogen-bond acceptors (Lipinski definition) is 3. The number of sulfonamides is 1. The van der Waals surface area contributed by atoms with Crippen molar-refractivity contribution in [3.05, 3.63) is 29.6 Å². The molecule has 2 N–H and O–H groups in total. The fourth-order valence-electron chi connectivity index (χ4n) is 1.98. The third kappa shape index (κ3) is 3.07. The van der Waals surface area contributed by atoms with Crippen molar-refractivity contribution >= 4 is 10.0 Å². The second-order valence-corrected chi connectivity index (χ2v) is 6.29. The SMILES string of the molecule is Cc1ccc(S(=O)(=O)NC2CCCNC2)cc1F. The van der Waals surface area contributed by atoms with Gasteiger partial charge in [0, 0.05) is 12.6 Å². The number of piperidine rings is 1. The molecule has 0 saturated carbocycles. The van der Waals surface area contributed by atoms with Gasteiger partial charge in [-0.05, 0) is 44.0 Å². The Morgan fingerprint density at radius 1 is 1.44 bits per heavy atom. The molecule has 4 nitrogen and oxygen atoms in total. The zero-order valence-electron chi connectivity index (χ0n) is 10.2. The van der Waals surface area contributed by atoms with Crippen LogP contribution >= 0.6 is 0 Å². The van der Waals surface area contributed by atoms with E-state index in [0.29, 0.717) is 12.1 Å². The van der Waals surface area contributed by atoms with Gasteiger partial charge in [0.15, 0.2) is 0 Å². The Bertz CT molecular complexity index is 525. The summed E-state index contributed by atoms with van der Waals surface area (Å²) in [5.74, 6) is -0.500. The van der Waals surface area contributed by atoms with E-state index in [2.05, 4.69) is 10.0 Å². The zero-order chi connectivity index (χ0) is 13.2. The molecule has 2 rings (SSSR count). The Morgan fingerprint density at radius 2 is 2.22 bits per heavy atom. The van der Waals surface area contributed by atoms with Crippen LogP contribution in [0.15, 0.2) is 23.1 Å². The molecule has 1 atom stereocenters. The number of benzene rings is 1. The first-order valence-corrected chi connectivity index (χ1v) is 7.46. The normalized spacial score (nSPS) is 20.9. The van der Waals surface area contributed by atoms with E-state index < -0.39 is 15.8 Å². The smallest absolute Gasteiger partial charge is 0.240 e. The van der Waals surface area contributed by atoms with Crippen molar-refractivity contribution in [2.45, 2.75) is 30.7 Å². The van der Waals surface area contributed by atoms with Crippen molar-refractivity contribution < 1.29 is 12.8 Å². The Kier molecular flexibility index (Phi) is 3.99. The summed E-state index contributed by atoms with van der Waals surface area (Å²) >= 11 is 0. The lowest BCUT2D eigenvalue weighted by Crippen LogP contribution is -2.45. The van der Waals surface area contributed by atoms with Gasteiger partial charge in [0.1, 0.15) is 5.82 Å². The minimum absolute atomic E-state index is 0.0174. The molecule has 1 aliphatic heterocycles. The molecule has 1 aromatic carbocycles. The topological polar surface area (TPSA) is 58.2 Å². The Balaban J connectivity index is 2.16. The van der Waals surface area contributed by atoms with Crippen molar-refractivity contribution in [3.63, 3.8) is 0 Å². The lowest BCUT2D eigenvalue weighted by atomic mass is 10.1. The molecular weight excluding hydrogens is 255 g/mol. The zero-order valence-corrected chi connectivity index (χ0v) is 11.1. The van der Waals surface area contributed by atoms with Crippen LogP contribution in [0.4, 0.5) is 4.39 Å².